The first kappa shape index (κ1) is 14.5. The van der Waals surface area contributed by atoms with E-state index in [2.05, 4.69) is 13.8 Å². The van der Waals surface area contributed by atoms with Crippen molar-refractivity contribution < 1.29 is 9.90 Å². The fraction of sp³-hybridized carbons (Fsp3) is 0.923. The van der Waals surface area contributed by atoms with Crippen LogP contribution in [0.3, 0.4) is 0 Å². The maximum Gasteiger partial charge on any atom is 0.239 e. The number of hydrogen-bond donors (Lipinski definition) is 2. The number of aliphatic hydroxyl groups is 1. The highest BCUT2D eigenvalue weighted by Gasteiger charge is 2.31. The fourth-order valence-corrected chi connectivity index (χ4v) is 2.23. The van der Waals surface area contributed by atoms with Crippen molar-refractivity contribution in [3.63, 3.8) is 0 Å². The van der Waals surface area contributed by atoms with Crippen LogP contribution in [-0.2, 0) is 4.79 Å². The molecule has 1 saturated carbocycles. The average Bonchev–Trinajstić information content (AvgIpc) is 2.19. The molecule has 100 valence electrons. The molecule has 4 heteroatoms. The molecule has 0 aromatic rings. The molecular weight excluding hydrogens is 216 g/mol. The molecule has 1 aliphatic carbocycles. The van der Waals surface area contributed by atoms with Crippen LogP contribution in [0.5, 0.6) is 0 Å². The van der Waals surface area contributed by atoms with Gasteiger partial charge in [0.1, 0.15) is 0 Å². The van der Waals surface area contributed by atoms with Crippen LogP contribution >= 0.6 is 0 Å². The predicted octanol–water partition coefficient (Wildman–Crippen LogP) is 1.12. The largest absolute Gasteiger partial charge is 0.396 e. The molecule has 1 aliphatic rings. The van der Waals surface area contributed by atoms with Crippen molar-refractivity contribution in [1.82, 2.24) is 4.90 Å². The van der Waals surface area contributed by atoms with Crippen molar-refractivity contribution in [2.24, 2.45) is 11.7 Å². The lowest BCUT2D eigenvalue weighted by Gasteiger charge is -2.39. The second kappa shape index (κ2) is 6.97. The lowest BCUT2D eigenvalue weighted by molar-refractivity contribution is -0.137. The van der Waals surface area contributed by atoms with Crippen molar-refractivity contribution in [1.29, 1.82) is 0 Å². The zero-order valence-corrected chi connectivity index (χ0v) is 11.1. The summed E-state index contributed by atoms with van der Waals surface area (Å²) in [5.74, 6) is 0.506. The van der Waals surface area contributed by atoms with Gasteiger partial charge in [0.15, 0.2) is 0 Å². The summed E-state index contributed by atoms with van der Waals surface area (Å²) in [5, 5.41) is 8.88. The van der Waals surface area contributed by atoms with Crippen LogP contribution < -0.4 is 5.73 Å². The van der Waals surface area contributed by atoms with E-state index >= 15 is 0 Å². The first-order chi connectivity index (χ1) is 8.06. The molecule has 17 heavy (non-hydrogen) atoms. The van der Waals surface area contributed by atoms with Crippen LogP contribution in [0, 0.1) is 5.92 Å². The first-order valence-corrected chi connectivity index (χ1v) is 6.73. The van der Waals surface area contributed by atoms with Crippen LogP contribution in [0.15, 0.2) is 0 Å². The average molecular weight is 242 g/mol. The molecule has 0 heterocycles. The Labute approximate surface area is 104 Å². The van der Waals surface area contributed by atoms with Gasteiger partial charge in [-0.3, -0.25) is 4.79 Å². The number of amides is 1. The molecule has 1 fully saturated rings. The minimum absolute atomic E-state index is 0.0665. The lowest BCUT2D eigenvalue weighted by atomic mass is 9.90. The van der Waals surface area contributed by atoms with Crippen LogP contribution in [0.2, 0.25) is 0 Å². The molecule has 0 bridgehead atoms. The number of aliphatic hydroxyl groups excluding tert-OH is 1. The van der Waals surface area contributed by atoms with E-state index in [4.69, 9.17) is 10.8 Å². The van der Waals surface area contributed by atoms with Crippen molar-refractivity contribution in [3.05, 3.63) is 0 Å². The summed E-state index contributed by atoms with van der Waals surface area (Å²) in [4.78, 5) is 14.1. The van der Waals surface area contributed by atoms with Gasteiger partial charge in [-0.05, 0) is 38.0 Å². The van der Waals surface area contributed by atoms with E-state index in [1.165, 1.54) is 6.42 Å². The second-order valence-corrected chi connectivity index (χ2v) is 5.43. The van der Waals surface area contributed by atoms with E-state index in [0.29, 0.717) is 24.9 Å². The van der Waals surface area contributed by atoms with Gasteiger partial charge in [0.25, 0.3) is 0 Å². The van der Waals surface area contributed by atoms with Gasteiger partial charge in [-0.1, -0.05) is 13.8 Å². The Balaban J connectivity index is 2.51. The van der Waals surface area contributed by atoms with Crippen molar-refractivity contribution in [2.75, 3.05) is 13.2 Å². The van der Waals surface area contributed by atoms with Gasteiger partial charge in [-0.15, -0.1) is 0 Å². The highest BCUT2D eigenvalue weighted by atomic mass is 16.3. The van der Waals surface area contributed by atoms with Crippen LogP contribution in [0.4, 0.5) is 0 Å². The first-order valence-electron chi connectivity index (χ1n) is 6.73. The van der Waals surface area contributed by atoms with Crippen molar-refractivity contribution in [3.8, 4) is 0 Å². The summed E-state index contributed by atoms with van der Waals surface area (Å²) in [6.07, 6.45) is 4.77. The van der Waals surface area contributed by atoms with Gasteiger partial charge in [-0.25, -0.2) is 0 Å². The summed E-state index contributed by atoms with van der Waals surface area (Å²) in [6.45, 7) is 4.94. The summed E-state index contributed by atoms with van der Waals surface area (Å²) < 4.78 is 0. The van der Waals surface area contributed by atoms with Gasteiger partial charge >= 0.3 is 0 Å². The zero-order valence-electron chi connectivity index (χ0n) is 11.1. The van der Waals surface area contributed by atoms with Crippen LogP contribution in [-0.4, -0.2) is 41.1 Å². The number of nitrogens with zero attached hydrogens (tertiary/aromatic N) is 1. The quantitative estimate of drug-likeness (QED) is 0.703. The summed E-state index contributed by atoms with van der Waals surface area (Å²) in [6, 6.07) is -0.0124. The van der Waals surface area contributed by atoms with E-state index in [1.807, 2.05) is 4.90 Å². The van der Waals surface area contributed by atoms with Gasteiger partial charge < -0.3 is 15.7 Å². The monoisotopic (exact) mass is 242 g/mol. The van der Waals surface area contributed by atoms with Gasteiger partial charge in [0, 0.05) is 19.2 Å². The van der Waals surface area contributed by atoms with Gasteiger partial charge in [0.2, 0.25) is 5.91 Å². The molecule has 0 aromatic heterocycles. The standard InChI is InChI=1S/C13H26N2O2/c1-10(2)9-12(14)13(17)15(7-4-8-16)11-5-3-6-11/h10-12,16H,3-9,14H2,1-2H3. The Hall–Kier alpha value is -0.610. The molecule has 0 aromatic carbocycles. The Morgan fingerprint density at radius 2 is 2.12 bits per heavy atom. The number of rotatable bonds is 7. The van der Waals surface area contributed by atoms with Crippen LogP contribution in [0.1, 0.15) is 46.0 Å². The number of hydrogen-bond acceptors (Lipinski definition) is 3. The summed E-state index contributed by atoms with van der Waals surface area (Å²) >= 11 is 0. The van der Waals surface area contributed by atoms with Gasteiger partial charge in [0.05, 0.1) is 6.04 Å². The summed E-state index contributed by atoms with van der Waals surface area (Å²) in [5.41, 5.74) is 5.95. The molecule has 1 unspecified atom stereocenters. The Morgan fingerprint density at radius 3 is 2.53 bits per heavy atom. The van der Waals surface area contributed by atoms with E-state index in [1.54, 1.807) is 0 Å². The fourth-order valence-electron chi connectivity index (χ4n) is 2.23. The SMILES string of the molecule is CC(C)CC(N)C(=O)N(CCCO)C1CCC1. The Morgan fingerprint density at radius 1 is 1.47 bits per heavy atom. The molecule has 3 N–H and O–H groups in total. The lowest BCUT2D eigenvalue weighted by Crippen LogP contribution is -2.51. The normalized spacial score (nSPS) is 17.9. The van der Waals surface area contributed by atoms with Gasteiger partial charge in [-0.2, -0.15) is 0 Å². The molecular formula is C13H26N2O2. The maximum absolute atomic E-state index is 12.2. The Bertz CT molecular complexity index is 240. The maximum atomic E-state index is 12.2. The molecule has 0 aliphatic heterocycles. The minimum Gasteiger partial charge on any atom is -0.396 e. The third kappa shape index (κ3) is 4.28. The van der Waals surface area contributed by atoms with E-state index in [0.717, 1.165) is 19.3 Å². The van der Waals surface area contributed by atoms with Crippen LogP contribution in [0.25, 0.3) is 0 Å². The zero-order chi connectivity index (χ0) is 12.8. The second-order valence-electron chi connectivity index (χ2n) is 5.43. The minimum atomic E-state index is -0.380. The van der Waals surface area contributed by atoms with E-state index in [9.17, 15) is 4.79 Å². The topological polar surface area (TPSA) is 66.6 Å². The third-order valence-corrected chi connectivity index (χ3v) is 3.40. The predicted molar refractivity (Wildman–Crippen MR) is 68.5 cm³/mol. The van der Waals surface area contributed by atoms with E-state index in [-0.39, 0.29) is 18.6 Å². The molecule has 1 atom stereocenters. The van der Waals surface area contributed by atoms with E-state index < -0.39 is 0 Å². The summed E-state index contributed by atoms with van der Waals surface area (Å²) in [7, 11) is 0. The third-order valence-electron chi connectivity index (χ3n) is 3.40. The van der Waals surface area contributed by atoms with Crippen molar-refractivity contribution >= 4 is 5.91 Å². The number of carbonyl (C=O) groups is 1. The molecule has 1 amide bonds. The molecule has 0 spiro atoms. The Kier molecular flexibility index (Phi) is 5.92. The molecule has 1 rings (SSSR count). The highest BCUT2D eigenvalue weighted by Crippen LogP contribution is 2.25. The smallest absolute Gasteiger partial charge is 0.239 e. The number of carbonyl (C=O) groups excluding carboxylic acids is 1. The molecule has 4 nitrogen and oxygen atoms in total. The number of nitrogens with two attached hydrogens (primary N) is 1. The highest BCUT2D eigenvalue weighted by molar-refractivity contribution is 5.82. The molecule has 0 radical (unpaired) electrons. The van der Waals surface area contributed by atoms with Crippen molar-refractivity contribution in [2.45, 2.75) is 58.0 Å². The molecule has 0 saturated heterocycles.